The Morgan fingerprint density at radius 1 is 1.47 bits per heavy atom. The van der Waals surface area contributed by atoms with Crippen LogP contribution in [0, 0.1) is 6.92 Å². The van der Waals surface area contributed by atoms with Crippen LogP contribution in [0.15, 0.2) is 12.4 Å². The van der Waals surface area contributed by atoms with E-state index in [0.717, 1.165) is 35.5 Å². The van der Waals surface area contributed by atoms with Gasteiger partial charge in [-0.25, -0.2) is 9.97 Å². The average molecular weight is 248 g/mol. The molecule has 3 heterocycles. The van der Waals surface area contributed by atoms with Crippen LogP contribution in [0.5, 0.6) is 0 Å². The molecule has 17 heavy (non-hydrogen) atoms. The predicted molar refractivity (Wildman–Crippen MR) is 71.7 cm³/mol. The quantitative estimate of drug-likeness (QED) is 0.855. The molecule has 0 radical (unpaired) electrons. The summed E-state index contributed by atoms with van der Waals surface area (Å²) in [4.78, 5) is 11.0. The van der Waals surface area contributed by atoms with Crippen molar-refractivity contribution in [1.29, 1.82) is 0 Å². The van der Waals surface area contributed by atoms with Crippen molar-refractivity contribution in [2.45, 2.75) is 25.8 Å². The van der Waals surface area contributed by atoms with Crippen LogP contribution in [0.1, 0.15) is 18.2 Å². The van der Waals surface area contributed by atoms with Gasteiger partial charge in [-0.1, -0.05) is 0 Å². The minimum atomic E-state index is 0.108. The first kappa shape index (κ1) is 10.9. The molecule has 1 fully saturated rings. The van der Waals surface area contributed by atoms with Gasteiger partial charge in [0.2, 0.25) is 0 Å². The van der Waals surface area contributed by atoms with Gasteiger partial charge in [-0.2, -0.15) is 0 Å². The lowest BCUT2D eigenvalue weighted by Crippen LogP contribution is -2.37. The van der Waals surface area contributed by atoms with E-state index in [1.165, 1.54) is 4.88 Å². The van der Waals surface area contributed by atoms with E-state index >= 15 is 0 Å². The summed E-state index contributed by atoms with van der Waals surface area (Å²) in [5, 5.41) is 8.09. The molecule has 1 atom stereocenters. The van der Waals surface area contributed by atoms with Crippen LogP contribution in [0.4, 0.5) is 5.82 Å². The van der Waals surface area contributed by atoms with Gasteiger partial charge in [0, 0.05) is 17.0 Å². The fourth-order valence-electron chi connectivity index (χ4n) is 2.29. The van der Waals surface area contributed by atoms with Gasteiger partial charge in [-0.05, 0) is 32.9 Å². The third-order valence-corrected chi connectivity index (χ3v) is 4.20. The Bertz CT molecular complexity index is 542. The highest BCUT2D eigenvalue weighted by atomic mass is 32.1. The number of fused-ring (bicyclic) bond motifs is 1. The van der Waals surface area contributed by atoms with Crippen LogP contribution < -0.4 is 10.6 Å². The summed E-state index contributed by atoms with van der Waals surface area (Å²) in [5.74, 6) is 0.963. The highest BCUT2D eigenvalue weighted by Gasteiger charge is 2.29. The van der Waals surface area contributed by atoms with E-state index in [9.17, 15) is 0 Å². The highest BCUT2D eigenvalue weighted by Crippen LogP contribution is 2.30. The molecule has 2 aromatic rings. The van der Waals surface area contributed by atoms with Gasteiger partial charge in [0.05, 0.1) is 5.39 Å². The Kier molecular flexibility index (Phi) is 2.52. The van der Waals surface area contributed by atoms with Crippen molar-refractivity contribution in [2.75, 3.05) is 18.4 Å². The van der Waals surface area contributed by atoms with Gasteiger partial charge < -0.3 is 10.6 Å². The van der Waals surface area contributed by atoms with Gasteiger partial charge >= 0.3 is 0 Å². The lowest BCUT2D eigenvalue weighted by Gasteiger charge is -2.25. The first-order valence-electron chi connectivity index (χ1n) is 5.86. The van der Waals surface area contributed by atoms with Gasteiger partial charge in [-0.15, -0.1) is 11.3 Å². The van der Waals surface area contributed by atoms with E-state index in [4.69, 9.17) is 0 Å². The van der Waals surface area contributed by atoms with Crippen molar-refractivity contribution >= 4 is 27.4 Å². The predicted octanol–water partition coefficient (Wildman–Crippen LogP) is 2.16. The fourth-order valence-corrected chi connectivity index (χ4v) is 3.13. The molecule has 5 heteroatoms. The molecule has 2 aromatic heterocycles. The first-order valence-corrected chi connectivity index (χ1v) is 6.68. The van der Waals surface area contributed by atoms with Crippen LogP contribution in [-0.4, -0.2) is 28.6 Å². The van der Waals surface area contributed by atoms with E-state index < -0.39 is 0 Å². The minimum absolute atomic E-state index is 0.108. The molecule has 90 valence electrons. The second-order valence-electron chi connectivity index (χ2n) is 4.91. The Balaban J connectivity index is 1.99. The minimum Gasteiger partial charge on any atom is -0.363 e. The van der Waals surface area contributed by atoms with Gasteiger partial charge in [0.15, 0.2) is 0 Å². The Labute approximate surface area is 104 Å². The molecule has 1 unspecified atom stereocenters. The monoisotopic (exact) mass is 248 g/mol. The number of rotatable bonds is 2. The summed E-state index contributed by atoms with van der Waals surface area (Å²) in [6, 6.07) is 2.16. The highest BCUT2D eigenvalue weighted by molar-refractivity contribution is 7.18. The summed E-state index contributed by atoms with van der Waals surface area (Å²) in [6.07, 6.45) is 2.77. The smallest absolute Gasteiger partial charge is 0.138 e. The van der Waals surface area contributed by atoms with E-state index in [1.807, 2.05) is 0 Å². The number of nitrogens with zero attached hydrogens (tertiary/aromatic N) is 2. The SMILES string of the molecule is Cc1cc2c(NC3(C)CCNC3)ncnc2s1. The number of hydrogen-bond donors (Lipinski definition) is 2. The van der Waals surface area contributed by atoms with Crippen LogP contribution in [0.2, 0.25) is 0 Å². The molecule has 1 aliphatic heterocycles. The lowest BCUT2D eigenvalue weighted by molar-refractivity contribution is 0.565. The molecule has 0 spiro atoms. The molecule has 1 saturated heterocycles. The van der Waals surface area contributed by atoms with E-state index in [-0.39, 0.29) is 5.54 Å². The van der Waals surface area contributed by atoms with Crippen molar-refractivity contribution in [2.24, 2.45) is 0 Å². The maximum Gasteiger partial charge on any atom is 0.138 e. The number of thiophene rings is 1. The maximum atomic E-state index is 4.39. The van der Waals surface area contributed by atoms with Crippen molar-refractivity contribution in [1.82, 2.24) is 15.3 Å². The Hall–Kier alpha value is -1.20. The third-order valence-electron chi connectivity index (χ3n) is 3.24. The summed E-state index contributed by atoms with van der Waals surface area (Å²) >= 11 is 1.72. The lowest BCUT2D eigenvalue weighted by atomic mass is 10.0. The number of aromatic nitrogens is 2. The second kappa shape index (κ2) is 3.92. The largest absolute Gasteiger partial charge is 0.363 e. The summed E-state index contributed by atoms with van der Waals surface area (Å²) < 4.78 is 0. The van der Waals surface area contributed by atoms with Gasteiger partial charge in [0.25, 0.3) is 0 Å². The molecule has 0 saturated carbocycles. The van der Waals surface area contributed by atoms with Gasteiger partial charge in [-0.3, -0.25) is 0 Å². The third kappa shape index (κ3) is 2.00. The molecule has 2 N–H and O–H groups in total. The first-order chi connectivity index (χ1) is 8.16. The molecule has 1 aliphatic rings. The second-order valence-corrected chi connectivity index (χ2v) is 6.15. The zero-order valence-electron chi connectivity index (χ0n) is 10.1. The van der Waals surface area contributed by atoms with Crippen LogP contribution in [0.3, 0.4) is 0 Å². The van der Waals surface area contributed by atoms with Crippen LogP contribution >= 0.6 is 11.3 Å². The van der Waals surface area contributed by atoms with E-state index in [0.29, 0.717) is 0 Å². The van der Waals surface area contributed by atoms with Crippen LogP contribution in [-0.2, 0) is 0 Å². The van der Waals surface area contributed by atoms with Crippen molar-refractivity contribution in [3.05, 3.63) is 17.3 Å². The molecule has 0 aromatic carbocycles. The molecule has 3 rings (SSSR count). The Morgan fingerprint density at radius 2 is 2.35 bits per heavy atom. The van der Waals surface area contributed by atoms with Crippen LogP contribution in [0.25, 0.3) is 10.2 Å². The number of hydrogen-bond acceptors (Lipinski definition) is 5. The topological polar surface area (TPSA) is 49.8 Å². The fraction of sp³-hybridized carbons (Fsp3) is 0.500. The van der Waals surface area contributed by atoms with E-state index in [2.05, 4.69) is 40.5 Å². The zero-order valence-corrected chi connectivity index (χ0v) is 10.9. The molecular formula is C12H16N4S. The average Bonchev–Trinajstić information content (AvgIpc) is 2.85. The summed E-state index contributed by atoms with van der Waals surface area (Å²) in [7, 11) is 0. The zero-order chi connectivity index (χ0) is 11.9. The number of anilines is 1. The molecule has 0 amide bonds. The summed E-state index contributed by atoms with van der Waals surface area (Å²) in [5.41, 5.74) is 0.108. The van der Waals surface area contributed by atoms with Crippen molar-refractivity contribution in [3.8, 4) is 0 Å². The van der Waals surface area contributed by atoms with E-state index in [1.54, 1.807) is 17.7 Å². The van der Waals surface area contributed by atoms with Crippen molar-refractivity contribution < 1.29 is 0 Å². The standard InChI is InChI=1S/C12H16N4S/c1-8-5-9-10(14-7-15-11(9)17-8)16-12(2)3-4-13-6-12/h5,7,13H,3-4,6H2,1-2H3,(H,14,15,16). The number of nitrogens with one attached hydrogen (secondary N) is 2. The normalized spacial score (nSPS) is 24.4. The van der Waals surface area contributed by atoms with Crippen molar-refractivity contribution in [3.63, 3.8) is 0 Å². The molecular weight excluding hydrogens is 232 g/mol. The molecule has 4 nitrogen and oxygen atoms in total. The van der Waals surface area contributed by atoms with Gasteiger partial charge in [0.1, 0.15) is 17.0 Å². The molecule has 0 bridgehead atoms. The Morgan fingerprint density at radius 3 is 3.12 bits per heavy atom. The number of aryl methyl sites for hydroxylation is 1. The summed E-state index contributed by atoms with van der Waals surface area (Å²) in [6.45, 7) is 6.40. The maximum absolute atomic E-state index is 4.39. The molecule has 0 aliphatic carbocycles.